The highest BCUT2D eigenvalue weighted by atomic mass is 16.5. The molecular weight excluding hydrogens is 272 g/mol. The van der Waals surface area contributed by atoms with Gasteiger partial charge in [0.15, 0.2) is 6.61 Å². The smallest absolute Gasteiger partial charge is 0.255 e. The number of nitrogens with two attached hydrogens (primary N) is 1. The monoisotopic (exact) mass is 290 g/mol. The quantitative estimate of drug-likeness (QED) is 0.651. The molecule has 0 aliphatic heterocycles. The molecule has 0 bridgehead atoms. The summed E-state index contributed by atoms with van der Waals surface area (Å²) in [5.41, 5.74) is 6.96. The maximum absolute atomic E-state index is 10.6. The Morgan fingerprint density at radius 3 is 2.81 bits per heavy atom. The summed E-state index contributed by atoms with van der Waals surface area (Å²) in [6, 6.07) is 7.24. The molecule has 1 heterocycles. The molecule has 4 N–H and O–H groups in total. The second kappa shape index (κ2) is 7.30. The second-order valence-electron chi connectivity index (χ2n) is 4.47. The van der Waals surface area contributed by atoms with E-state index in [9.17, 15) is 4.79 Å². The van der Waals surface area contributed by atoms with Crippen molar-refractivity contribution in [3.8, 4) is 5.75 Å². The van der Waals surface area contributed by atoms with Crippen LogP contribution in [-0.2, 0) is 17.9 Å². The van der Waals surface area contributed by atoms with E-state index in [1.54, 1.807) is 23.0 Å². The van der Waals surface area contributed by atoms with Crippen LogP contribution in [-0.4, -0.2) is 34.0 Å². The molecule has 7 nitrogen and oxygen atoms in total. The number of primary amides is 1. The number of amides is 1. The fraction of sp³-hybridized carbons (Fsp3) is 0.286. The van der Waals surface area contributed by atoms with E-state index in [2.05, 4.69) is 10.4 Å². The molecule has 1 aromatic heterocycles. The molecule has 2 aromatic rings. The summed E-state index contributed by atoms with van der Waals surface area (Å²) in [6.45, 7) is 1.07. The summed E-state index contributed by atoms with van der Waals surface area (Å²) >= 11 is 0. The van der Waals surface area contributed by atoms with Gasteiger partial charge in [-0.3, -0.25) is 9.48 Å². The van der Waals surface area contributed by atoms with E-state index in [1.807, 2.05) is 18.3 Å². The molecule has 0 saturated carbocycles. The number of ether oxygens (including phenoxy) is 1. The number of hydrogen-bond donors (Lipinski definition) is 3. The molecule has 112 valence electrons. The molecule has 0 radical (unpaired) electrons. The van der Waals surface area contributed by atoms with Crippen LogP contribution in [0.4, 0.5) is 5.69 Å². The van der Waals surface area contributed by atoms with E-state index in [1.165, 1.54) is 0 Å². The number of aliphatic hydroxyl groups is 1. The first-order valence-corrected chi connectivity index (χ1v) is 6.54. The zero-order valence-corrected chi connectivity index (χ0v) is 11.5. The molecule has 7 heteroatoms. The average molecular weight is 290 g/mol. The standard InChI is InChI=1S/C14H18N4O3/c15-14(20)10-21-13-3-1-12(2-4-13)16-7-11-8-17-18(9-11)5-6-19/h1-4,8-9,16,19H,5-7,10H2,(H2,15,20). The molecule has 0 aliphatic carbocycles. The zero-order valence-electron chi connectivity index (χ0n) is 11.5. The van der Waals surface area contributed by atoms with Crippen LogP contribution < -0.4 is 15.8 Å². The van der Waals surface area contributed by atoms with Gasteiger partial charge in [-0.05, 0) is 24.3 Å². The Hall–Kier alpha value is -2.54. The highest BCUT2D eigenvalue weighted by Crippen LogP contribution is 2.16. The van der Waals surface area contributed by atoms with Crippen molar-refractivity contribution in [3.05, 3.63) is 42.2 Å². The number of aromatic nitrogens is 2. The summed E-state index contributed by atoms with van der Waals surface area (Å²) in [5.74, 6) is 0.0900. The first kappa shape index (κ1) is 14.9. The number of hydrogen-bond acceptors (Lipinski definition) is 5. The Kier molecular flexibility index (Phi) is 5.16. The maximum atomic E-state index is 10.6. The molecule has 0 atom stereocenters. The van der Waals surface area contributed by atoms with Gasteiger partial charge < -0.3 is 20.9 Å². The van der Waals surface area contributed by atoms with Crippen molar-refractivity contribution >= 4 is 11.6 Å². The van der Waals surface area contributed by atoms with Gasteiger partial charge in [0.05, 0.1) is 19.3 Å². The molecule has 0 aliphatic rings. The van der Waals surface area contributed by atoms with Crippen LogP contribution in [0.1, 0.15) is 5.56 Å². The summed E-state index contributed by atoms with van der Waals surface area (Å²) < 4.78 is 6.87. The van der Waals surface area contributed by atoms with E-state index in [0.29, 0.717) is 18.8 Å². The maximum Gasteiger partial charge on any atom is 0.255 e. The lowest BCUT2D eigenvalue weighted by atomic mass is 10.3. The van der Waals surface area contributed by atoms with Crippen molar-refractivity contribution in [1.82, 2.24) is 9.78 Å². The van der Waals surface area contributed by atoms with Gasteiger partial charge in [-0.1, -0.05) is 0 Å². The van der Waals surface area contributed by atoms with Crippen molar-refractivity contribution in [3.63, 3.8) is 0 Å². The van der Waals surface area contributed by atoms with E-state index in [4.69, 9.17) is 15.6 Å². The normalized spacial score (nSPS) is 10.3. The zero-order chi connectivity index (χ0) is 15.1. The Morgan fingerprint density at radius 1 is 1.38 bits per heavy atom. The van der Waals surface area contributed by atoms with Crippen LogP contribution in [0.2, 0.25) is 0 Å². The van der Waals surface area contributed by atoms with Gasteiger partial charge in [0.25, 0.3) is 5.91 Å². The van der Waals surface area contributed by atoms with Crippen LogP contribution in [0.25, 0.3) is 0 Å². The highest BCUT2D eigenvalue weighted by molar-refractivity contribution is 5.75. The lowest BCUT2D eigenvalue weighted by Crippen LogP contribution is -2.19. The predicted molar refractivity (Wildman–Crippen MR) is 77.8 cm³/mol. The Balaban J connectivity index is 1.83. The molecule has 1 aromatic carbocycles. The summed E-state index contributed by atoms with van der Waals surface area (Å²) in [7, 11) is 0. The molecule has 1 amide bonds. The molecule has 21 heavy (non-hydrogen) atoms. The minimum Gasteiger partial charge on any atom is -0.484 e. The number of aliphatic hydroxyl groups excluding tert-OH is 1. The van der Waals surface area contributed by atoms with E-state index >= 15 is 0 Å². The van der Waals surface area contributed by atoms with Gasteiger partial charge in [-0.15, -0.1) is 0 Å². The Morgan fingerprint density at radius 2 is 2.14 bits per heavy atom. The van der Waals surface area contributed by atoms with Crippen LogP contribution in [0.15, 0.2) is 36.7 Å². The average Bonchev–Trinajstić information content (AvgIpc) is 2.92. The van der Waals surface area contributed by atoms with Crippen LogP contribution in [0.3, 0.4) is 0 Å². The Bertz CT molecular complexity index is 580. The number of rotatable bonds is 8. The molecular formula is C14H18N4O3. The molecule has 0 spiro atoms. The third kappa shape index (κ3) is 4.81. The fourth-order valence-corrected chi connectivity index (χ4v) is 1.75. The number of nitrogens with one attached hydrogen (secondary N) is 1. The van der Waals surface area contributed by atoms with Crippen molar-refractivity contribution in [2.24, 2.45) is 5.73 Å². The van der Waals surface area contributed by atoms with Gasteiger partial charge in [0, 0.05) is 24.0 Å². The SMILES string of the molecule is NC(=O)COc1ccc(NCc2cnn(CCO)c2)cc1. The second-order valence-corrected chi connectivity index (χ2v) is 4.47. The lowest BCUT2D eigenvalue weighted by Gasteiger charge is -2.07. The lowest BCUT2D eigenvalue weighted by molar-refractivity contribution is -0.119. The largest absolute Gasteiger partial charge is 0.484 e. The van der Waals surface area contributed by atoms with Crippen molar-refractivity contribution in [2.75, 3.05) is 18.5 Å². The first-order chi connectivity index (χ1) is 10.2. The number of benzene rings is 1. The van der Waals surface area contributed by atoms with E-state index in [-0.39, 0.29) is 13.2 Å². The van der Waals surface area contributed by atoms with Crippen molar-refractivity contribution < 1.29 is 14.6 Å². The molecule has 0 unspecified atom stereocenters. The summed E-state index contributed by atoms with van der Waals surface area (Å²) in [5, 5.41) is 16.2. The van der Waals surface area contributed by atoms with Gasteiger partial charge in [-0.25, -0.2) is 0 Å². The van der Waals surface area contributed by atoms with Crippen molar-refractivity contribution in [1.29, 1.82) is 0 Å². The third-order valence-corrected chi connectivity index (χ3v) is 2.75. The fourth-order valence-electron chi connectivity index (χ4n) is 1.75. The predicted octanol–water partition coefficient (Wildman–Crippen LogP) is 0.352. The van der Waals surface area contributed by atoms with Crippen LogP contribution in [0.5, 0.6) is 5.75 Å². The Labute approximate surface area is 122 Å². The van der Waals surface area contributed by atoms with Gasteiger partial charge in [0.1, 0.15) is 5.75 Å². The van der Waals surface area contributed by atoms with E-state index < -0.39 is 5.91 Å². The number of carbonyl (C=O) groups excluding carboxylic acids is 1. The topological polar surface area (TPSA) is 102 Å². The minimum atomic E-state index is -0.503. The van der Waals surface area contributed by atoms with Crippen LogP contribution >= 0.6 is 0 Å². The summed E-state index contributed by atoms with van der Waals surface area (Å²) in [4.78, 5) is 10.6. The van der Waals surface area contributed by atoms with Gasteiger partial charge >= 0.3 is 0 Å². The molecule has 0 saturated heterocycles. The molecule has 2 rings (SSSR count). The number of nitrogens with zero attached hydrogens (tertiary/aromatic N) is 2. The minimum absolute atomic E-state index is 0.0707. The van der Waals surface area contributed by atoms with Gasteiger partial charge in [0.2, 0.25) is 0 Å². The number of carbonyl (C=O) groups is 1. The van der Waals surface area contributed by atoms with E-state index in [0.717, 1.165) is 11.3 Å². The first-order valence-electron chi connectivity index (χ1n) is 6.54. The summed E-state index contributed by atoms with van der Waals surface area (Å²) in [6.07, 6.45) is 3.64. The van der Waals surface area contributed by atoms with Crippen LogP contribution in [0, 0.1) is 0 Å². The highest BCUT2D eigenvalue weighted by Gasteiger charge is 2.00. The third-order valence-electron chi connectivity index (χ3n) is 2.75. The van der Waals surface area contributed by atoms with Crippen molar-refractivity contribution in [2.45, 2.75) is 13.1 Å². The number of anilines is 1. The molecule has 0 fully saturated rings. The van der Waals surface area contributed by atoms with Gasteiger partial charge in [-0.2, -0.15) is 5.10 Å².